The molecule has 0 atom stereocenters. The third kappa shape index (κ3) is 2.07. The van der Waals surface area contributed by atoms with Gasteiger partial charge in [0.1, 0.15) is 5.54 Å². The molecular weight excluding hydrogens is 181 g/mol. The summed E-state index contributed by atoms with van der Waals surface area (Å²) in [4.78, 5) is 12.9. The Morgan fingerprint density at radius 1 is 1.38 bits per heavy atom. The zero-order chi connectivity index (χ0) is 8.60. The third-order valence-electron chi connectivity index (χ3n) is 2.74. The van der Waals surface area contributed by atoms with Gasteiger partial charge in [-0.15, -0.1) is 0 Å². The molecule has 0 amide bonds. The van der Waals surface area contributed by atoms with Gasteiger partial charge in [-0.1, -0.05) is 0 Å². The van der Waals surface area contributed by atoms with E-state index in [1.54, 1.807) is 0 Å². The van der Waals surface area contributed by atoms with Crippen LogP contribution in [0, 0.1) is 0 Å². The SMILES string of the molecule is O=C(O)C1(N2CCOCC2)CC1.[H-].[Na+]. The molecule has 2 aliphatic rings. The van der Waals surface area contributed by atoms with Gasteiger partial charge in [0.15, 0.2) is 0 Å². The normalized spacial score (nSPS) is 26.2. The van der Waals surface area contributed by atoms with Crippen LogP contribution in [0.1, 0.15) is 14.3 Å². The Labute approximate surface area is 101 Å². The van der Waals surface area contributed by atoms with E-state index in [9.17, 15) is 4.79 Å². The Kier molecular flexibility index (Phi) is 3.77. The van der Waals surface area contributed by atoms with Gasteiger partial charge in [0.25, 0.3) is 0 Å². The molecule has 0 aromatic carbocycles. The Balaban J connectivity index is 0.000000845. The fraction of sp³-hybridized carbons (Fsp3) is 0.875. The average Bonchev–Trinajstić information content (AvgIpc) is 2.86. The van der Waals surface area contributed by atoms with Crippen molar-refractivity contribution in [3.63, 3.8) is 0 Å². The van der Waals surface area contributed by atoms with Crippen molar-refractivity contribution in [1.29, 1.82) is 0 Å². The van der Waals surface area contributed by atoms with Crippen molar-refractivity contribution in [3.05, 3.63) is 0 Å². The van der Waals surface area contributed by atoms with Gasteiger partial charge in [-0.25, -0.2) is 0 Å². The van der Waals surface area contributed by atoms with Crippen LogP contribution < -0.4 is 29.6 Å². The number of carbonyl (C=O) groups is 1. The molecule has 2 fully saturated rings. The number of hydrogen-bond acceptors (Lipinski definition) is 3. The van der Waals surface area contributed by atoms with Gasteiger partial charge in [-0.2, -0.15) is 0 Å². The monoisotopic (exact) mass is 195 g/mol. The van der Waals surface area contributed by atoms with Crippen LogP contribution in [0.2, 0.25) is 0 Å². The maximum Gasteiger partial charge on any atom is 1.00 e. The smallest absolute Gasteiger partial charge is 1.00 e. The number of carboxylic acid groups (broad SMARTS) is 1. The number of carboxylic acids is 1. The van der Waals surface area contributed by atoms with Crippen molar-refractivity contribution >= 4 is 5.97 Å². The molecule has 1 aliphatic carbocycles. The minimum atomic E-state index is -0.663. The Bertz CT molecular complexity index is 205. The van der Waals surface area contributed by atoms with Crippen LogP contribution in [-0.4, -0.2) is 47.8 Å². The summed E-state index contributed by atoms with van der Waals surface area (Å²) < 4.78 is 5.17. The van der Waals surface area contributed by atoms with Gasteiger partial charge >= 0.3 is 35.5 Å². The van der Waals surface area contributed by atoms with Gasteiger partial charge in [0.05, 0.1) is 13.2 Å². The first-order valence-electron chi connectivity index (χ1n) is 4.32. The summed E-state index contributed by atoms with van der Waals surface area (Å²) in [6.45, 7) is 2.89. The van der Waals surface area contributed by atoms with Crippen molar-refractivity contribution in [2.75, 3.05) is 26.3 Å². The molecule has 0 spiro atoms. The number of aliphatic carboxylic acids is 1. The second kappa shape index (κ2) is 4.28. The van der Waals surface area contributed by atoms with Crippen molar-refractivity contribution in [2.24, 2.45) is 0 Å². The molecule has 0 aromatic rings. The first-order valence-corrected chi connectivity index (χ1v) is 4.32. The first kappa shape index (κ1) is 11.5. The zero-order valence-electron chi connectivity index (χ0n) is 8.95. The van der Waals surface area contributed by atoms with Gasteiger partial charge in [-0.05, 0) is 12.8 Å². The van der Waals surface area contributed by atoms with Gasteiger partial charge in [0.2, 0.25) is 0 Å². The van der Waals surface area contributed by atoms with Crippen LogP contribution in [-0.2, 0) is 9.53 Å². The standard InChI is InChI=1S/C8H13NO3.Na.H/c10-7(11)8(1-2-8)9-3-5-12-6-4-9;;/h1-6H2,(H,10,11);;/q;+1;-1. The van der Waals surface area contributed by atoms with Crippen LogP contribution in [0.3, 0.4) is 0 Å². The van der Waals surface area contributed by atoms with E-state index in [1.807, 2.05) is 4.90 Å². The maximum atomic E-state index is 10.9. The number of nitrogens with zero attached hydrogens (tertiary/aromatic N) is 1. The molecular formula is C8H14NNaO3. The summed E-state index contributed by atoms with van der Waals surface area (Å²) in [5, 5.41) is 8.97. The number of hydrogen-bond donors (Lipinski definition) is 1. The van der Waals surface area contributed by atoms with Crippen molar-refractivity contribution in [3.8, 4) is 0 Å². The van der Waals surface area contributed by atoms with E-state index in [4.69, 9.17) is 9.84 Å². The molecule has 1 aliphatic heterocycles. The second-order valence-corrected chi connectivity index (χ2v) is 3.44. The summed E-state index contributed by atoms with van der Waals surface area (Å²) in [7, 11) is 0. The molecule has 70 valence electrons. The summed E-state index contributed by atoms with van der Waals surface area (Å²) in [5.41, 5.74) is -0.510. The average molecular weight is 195 g/mol. The molecule has 0 radical (unpaired) electrons. The first-order chi connectivity index (χ1) is 5.76. The van der Waals surface area contributed by atoms with E-state index in [0.717, 1.165) is 25.9 Å². The fourth-order valence-corrected chi connectivity index (χ4v) is 1.78. The molecule has 0 aromatic heterocycles. The Hall–Kier alpha value is 0.390. The largest absolute Gasteiger partial charge is 1.00 e. The molecule has 1 saturated heterocycles. The third-order valence-corrected chi connectivity index (χ3v) is 2.74. The van der Waals surface area contributed by atoms with E-state index < -0.39 is 11.5 Å². The predicted octanol–water partition coefficient (Wildman–Crippen LogP) is -2.95. The topological polar surface area (TPSA) is 49.8 Å². The van der Waals surface area contributed by atoms with E-state index in [-0.39, 0.29) is 31.0 Å². The summed E-state index contributed by atoms with van der Waals surface area (Å²) in [6, 6.07) is 0. The number of rotatable bonds is 2. The van der Waals surface area contributed by atoms with Gasteiger partial charge in [0, 0.05) is 13.1 Å². The van der Waals surface area contributed by atoms with Crippen LogP contribution in [0.4, 0.5) is 0 Å². The van der Waals surface area contributed by atoms with Crippen LogP contribution in [0.25, 0.3) is 0 Å². The Morgan fingerprint density at radius 2 is 1.92 bits per heavy atom. The van der Waals surface area contributed by atoms with Gasteiger partial charge < -0.3 is 11.3 Å². The molecule has 5 heteroatoms. The number of morpholine rings is 1. The van der Waals surface area contributed by atoms with Crippen LogP contribution in [0.15, 0.2) is 0 Å². The van der Waals surface area contributed by atoms with Gasteiger partial charge in [-0.3, -0.25) is 9.69 Å². The minimum absolute atomic E-state index is 0. The molecule has 0 bridgehead atoms. The summed E-state index contributed by atoms with van der Waals surface area (Å²) in [5.74, 6) is -0.663. The molecule has 13 heavy (non-hydrogen) atoms. The van der Waals surface area contributed by atoms with Crippen LogP contribution >= 0.6 is 0 Å². The van der Waals surface area contributed by atoms with Crippen LogP contribution in [0.5, 0.6) is 0 Å². The Morgan fingerprint density at radius 3 is 2.31 bits per heavy atom. The van der Waals surface area contributed by atoms with E-state index >= 15 is 0 Å². The molecule has 0 unspecified atom stereocenters. The minimum Gasteiger partial charge on any atom is -1.00 e. The second-order valence-electron chi connectivity index (χ2n) is 3.44. The molecule has 2 rings (SSSR count). The summed E-state index contributed by atoms with van der Waals surface area (Å²) >= 11 is 0. The van der Waals surface area contributed by atoms with E-state index in [1.165, 1.54) is 0 Å². The van der Waals surface area contributed by atoms with E-state index in [0.29, 0.717) is 13.2 Å². The van der Waals surface area contributed by atoms with Crippen molar-refractivity contribution in [1.82, 2.24) is 4.90 Å². The fourth-order valence-electron chi connectivity index (χ4n) is 1.78. The van der Waals surface area contributed by atoms with Crippen molar-refractivity contribution < 1.29 is 45.6 Å². The molecule has 4 nitrogen and oxygen atoms in total. The molecule has 1 saturated carbocycles. The molecule has 1 heterocycles. The zero-order valence-corrected chi connectivity index (χ0v) is 9.95. The predicted molar refractivity (Wildman–Crippen MR) is 43.1 cm³/mol. The molecule has 1 N–H and O–H groups in total. The number of ether oxygens (including phenoxy) is 1. The van der Waals surface area contributed by atoms with E-state index in [2.05, 4.69) is 0 Å². The quantitative estimate of drug-likeness (QED) is 0.479. The summed E-state index contributed by atoms with van der Waals surface area (Å²) in [6.07, 6.45) is 1.62. The van der Waals surface area contributed by atoms with Crippen molar-refractivity contribution in [2.45, 2.75) is 18.4 Å². The maximum absolute atomic E-state index is 10.9.